The molecule has 2 rings (SSSR count). The molecule has 3 unspecified atom stereocenters. The van der Waals surface area contributed by atoms with Crippen molar-refractivity contribution in [1.82, 2.24) is 15.2 Å². The SMILES string of the molecule is CNC(C)c1ccc(N2CC(C)C(N(C)C)C2)cn1. The van der Waals surface area contributed by atoms with Gasteiger partial charge in [0.15, 0.2) is 0 Å². The van der Waals surface area contributed by atoms with Crippen molar-refractivity contribution in [2.24, 2.45) is 5.92 Å². The predicted molar refractivity (Wildman–Crippen MR) is 80.6 cm³/mol. The molecule has 1 aromatic rings. The molecule has 0 spiro atoms. The molecule has 2 heterocycles. The van der Waals surface area contributed by atoms with E-state index in [2.05, 4.69) is 60.2 Å². The zero-order valence-electron chi connectivity index (χ0n) is 12.7. The molecule has 19 heavy (non-hydrogen) atoms. The molecule has 1 aromatic heterocycles. The van der Waals surface area contributed by atoms with Gasteiger partial charge in [-0.2, -0.15) is 0 Å². The molecular weight excluding hydrogens is 236 g/mol. The largest absolute Gasteiger partial charge is 0.368 e. The molecule has 0 amide bonds. The summed E-state index contributed by atoms with van der Waals surface area (Å²) in [5.41, 5.74) is 2.34. The van der Waals surface area contributed by atoms with Gasteiger partial charge in [-0.25, -0.2) is 0 Å². The summed E-state index contributed by atoms with van der Waals surface area (Å²) < 4.78 is 0. The molecule has 0 radical (unpaired) electrons. The minimum Gasteiger partial charge on any atom is -0.368 e. The fourth-order valence-corrected chi connectivity index (χ4v) is 2.82. The zero-order valence-corrected chi connectivity index (χ0v) is 12.7. The van der Waals surface area contributed by atoms with Gasteiger partial charge in [-0.15, -0.1) is 0 Å². The number of nitrogens with one attached hydrogen (secondary N) is 1. The summed E-state index contributed by atoms with van der Waals surface area (Å²) in [6.07, 6.45) is 2.01. The number of hydrogen-bond acceptors (Lipinski definition) is 4. The lowest BCUT2D eigenvalue weighted by Gasteiger charge is -2.23. The minimum absolute atomic E-state index is 0.307. The van der Waals surface area contributed by atoms with E-state index in [9.17, 15) is 0 Å². The molecule has 0 aliphatic carbocycles. The van der Waals surface area contributed by atoms with Gasteiger partial charge in [0.05, 0.1) is 17.6 Å². The highest BCUT2D eigenvalue weighted by molar-refractivity contribution is 5.46. The fourth-order valence-electron chi connectivity index (χ4n) is 2.82. The average Bonchev–Trinajstić information content (AvgIpc) is 2.80. The van der Waals surface area contributed by atoms with E-state index >= 15 is 0 Å². The van der Waals surface area contributed by atoms with Crippen molar-refractivity contribution in [2.45, 2.75) is 25.9 Å². The van der Waals surface area contributed by atoms with Crippen molar-refractivity contribution < 1.29 is 0 Å². The van der Waals surface area contributed by atoms with Gasteiger partial charge in [-0.05, 0) is 46.1 Å². The molecule has 4 heteroatoms. The van der Waals surface area contributed by atoms with Crippen LogP contribution >= 0.6 is 0 Å². The van der Waals surface area contributed by atoms with Gasteiger partial charge in [0.25, 0.3) is 0 Å². The molecular formula is C15H26N4. The monoisotopic (exact) mass is 262 g/mol. The van der Waals surface area contributed by atoms with E-state index in [4.69, 9.17) is 0 Å². The van der Waals surface area contributed by atoms with Gasteiger partial charge in [-0.3, -0.25) is 4.98 Å². The van der Waals surface area contributed by atoms with Crippen LogP contribution in [0.25, 0.3) is 0 Å². The van der Waals surface area contributed by atoms with Crippen molar-refractivity contribution in [3.63, 3.8) is 0 Å². The van der Waals surface area contributed by atoms with Gasteiger partial charge in [0, 0.05) is 25.2 Å². The van der Waals surface area contributed by atoms with Crippen LogP contribution in [0.1, 0.15) is 25.6 Å². The van der Waals surface area contributed by atoms with Crippen molar-refractivity contribution in [3.05, 3.63) is 24.0 Å². The van der Waals surface area contributed by atoms with Gasteiger partial charge in [0.2, 0.25) is 0 Å². The first-order chi connectivity index (χ1) is 9.02. The third kappa shape index (κ3) is 3.07. The Labute approximate surface area is 116 Å². The smallest absolute Gasteiger partial charge is 0.0571 e. The lowest BCUT2D eigenvalue weighted by molar-refractivity contribution is 0.266. The molecule has 1 saturated heterocycles. The molecule has 0 aromatic carbocycles. The van der Waals surface area contributed by atoms with Crippen LogP contribution in [0.2, 0.25) is 0 Å². The van der Waals surface area contributed by atoms with Gasteiger partial charge < -0.3 is 15.1 Å². The van der Waals surface area contributed by atoms with Gasteiger partial charge >= 0.3 is 0 Å². The van der Waals surface area contributed by atoms with Crippen LogP contribution in [0.4, 0.5) is 5.69 Å². The zero-order chi connectivity index (χ0) is 14.0. The van der Waals surface area contributed by atoms with E-state index in [1.807, 2.05) is 13.2 Å². The maximum atomic E-state index is 4.57. The second kappa shape index (κ2) is 5.88. The van der Waals surface area contributed by atoms with Crippen LogP contribution in [0, 0.1) is 5.92 Å². The Morgan fingerprint density at radius 2 is 2.11 bits per heavy atom. The topological polar surface area (TPSA) is 31.4 Å². The van der Waals surface area contributed by atoms with Crippen LogP contribution in [-0.4, -0.2) is 50.2 Å². The summed E-state index contributed by atoms with van der Waals surface area (Å²) in [6, 6.07) is 5.27. The molecule has 0 saturated carbocycles. The molecule has 3 atom stereocenters. The maximum absolute atomic E-state index is 4.57. The van der Waals surface area contributed by atoms with Crippen molar-refractivity contribution in [1.29, 1.82) is 0 Å². The molecule has 1 aliphatic heterocycles. The summed E-state index contributed by atoms with van der Waals surface area (Å²) in [6.45, 7) is 6.67. The van der Waals surface area contributed by atoms with E-state index in [0.29, 0.717) is 18.0 Å². The van der Waals surface area contributed by atoms with Crippen molar-refractivity contribution >= 4 is 5.69 Å². The number of hydrogen-bond donors (Lipinski definition) is 1. The highest BCUT2D eigenvalue weighted by Crippen LogP contribution is 2.26. The number of nitrogens with zero attached hydrogens (tertiary/aromatic N) is 3. The Bertz CT molecular complexity index is 401. The molecule has 0 bridgehead atoms. The summed E-state index contributed by atoms with van der Waals surface area (Å²) in [7, 11) is 6.30. The molecule has 4 nitrogen and oxygen atoms in total. The predicted octanol–water partition coefficient (Wildman–Crippen LogP) is 1.75. The third-order valence-corrected chi connectivity index (χ3v) is 4.25. The van der Waals surface area contributed by atoms with Crippen LogP contribution in [0.3, 0.4) is 0 Å². The van der Waals surface area contributed by atoms with E-state index in [1.54, 1.807) is 0 Å². The van der Waals surface area contributed by atoms with E-state index in [0.717, 1.165) is 18.8 Å². The molecule has 1 fully saturated rings. The standard InChI is InChI=1S/C15H26N4/c1-11-9-19(10-15(11)18(4)5)13-6-7-14(17-8-13)12(2)16-3/h6-8,11-12,15-16H,9-10H2,1-5H3. The Hall–Kier alpha value is -1.13. The Morgan fingerprint density at radius 1 is 1.37 bits per heavy atom. The molecule has 1 aliphatic rings. The second-order valence-electron chi connectivity index (χ2n) is 5.86. The lowest BCUT2D eigenvalue weighted by atomic mass is 10.1. The Kier molecular flexibility index (Phi) is 4.42. The first kappa shape index (κ1) is 14.3. The van der Waals surface area contributed by atoms with Crippen LogP contribution in [-0.2, 0) is 0 Å². The lowest BCUT2D eigenvalue weighted by Crippen LogP contribution is -2.34. The summed E-state index contributed by atoms with van der Waals surface area (Å²) in [5, 5.41) is 3.22. The third-order valence-electron chi connectivity index (χ3n) is 4.25. The minimum atomic E-state index is 0.307. The summed E-state index contributed by atoms with van der Waals surface area (Å²) in [4.78, 5) is 9.34. The number of anilines is 1. The number of pyridine rings is 1. The maximum Gasteiger partial charge on any atom is 0.0571 e. The number of likely N-dealkylation sites (N-methyl/N-ethyl adjacent to an activating group) is 1. The Morgan fingerprint density at radius 3 is 2.58 bits per heavy atom. The number of rotatable bonds is 4. The van der Waals surface area contributed by atoms with Crippen LogP contribution in [0.15, 0.2) is 18.3 Å². The highest BCUT2D eigenvalue weighted by atomic mass is 15.2. The summed E-state index contributed by atoms with van der Waals surface area (Å²) in [5.74, 6) is 0.700. The second-order valence-corrected chi connectivity index (χ2v) is 5.86. The highest BCUT2D eigenvalue weighted by Gasteiger charge is 2.31. The van der Waals surface area contributed by atoms with Crippen molar-refractivity contribution in [3.8, 4) is 0 Å². The van der Waals surface area contributed by atoms with E-state index in [-0.39, 0.29) is 0 Å². The van der Waals surface area contributed by atoms with Crippen LogP contribution in [0.5, 0.6) is 0 Å². The summed E-state index contributed by atoms with van der Waals surface area (Å²) >= 11 is 0. The average molecular weight is 262 g/mol. The molecule has 106 valence electrons. The first-order valence-corrected chi connectivity index (χ1v) is 7.07. The van der Waals surface area contributed by atoms with Crippen molar-refractivity contribution in [2.75, 3.05) is 39.1 Å². The quantitative estimate of drug-likeness (QED) is 0.896. The Balaban J connectivity index is 2.07. The van der Waals surface area contributed by atoms with Gasteiger partial charge in [-0.1, -0.05) is 6.92 Å². The van der Waals surface area contributed by atoms with E-state index in [1.165, 1.54) is 5.69 Å². The van der Waals surface area contributed by atoms with E-state index < -0.39 is 0 Å². The number of aromatic nitrogens is 1. The normalized spacial score (nSPS) is 25.1. The van der Waals surface area contributed by atoms with Gasteiger partial charge in [0.1, 0.15) is 0 Å². The molecule has 1 N–H and O–H groups in total. The van der Waals surface area contributed by atoms with Crippen LogP contribution < -0.4 is 10.2 Å². The fraction of sp³-hybridized carbons (Fsp3) is 0.667. The first-order valence-electron chi connectivity index (χ1n) is 7.07.